The molecule has 0 bridgehead atoms. The minimum atomic E-state index is -3.16. The Morgan fingerprint density at radius 2 is 1.85 bits per heavy atom. The summed E-state index contributed by atoms with van der Waals surface area (Å²) >= 11 is 0. The minimum Gasteiger partial charge on any atom is -0.371 e. The zero-order chi connectivity index (χ0) is 14.2. The fourth-order valence-corrected chi connectivity index (χ4v) is 4.33. The topological polar surface area (TPSA) is 40.6 Å². The number of aryl methyl sites for hydroxylation is 1. The predicted octanol–water partition coefficient (Wildman–Crippen LogP) is 2.39. The fraction of sp³-hybridized carbons (Fsp3) is 0.600. The minimum absolute atomic E-state index is 0.167. The van der Waals surface area contributed by atoms with Gasteiger partial charge in [-0.3, -0.25) is 4.31 Å². The Morgan fingerprint density at radius 3 is 2.55 bits per heavy atom. The van der Waals surface area contributed by atoms with Crippen molar-refractivity contribution in [2.75, 3.05) is 34.6 Å². The molecule has 1 saturated heterocycles. The summed E-state index contributed by atoms with van der Waals surface area (Å²) in [6, 6.07) is 6.33. The zero-order valence-corrected chi connectivity index (χ0v) is 12.8. The van der Waals surface area contributed by atoms with Gasteiger partial charge in [0.2, 0.25) is 10.0 Å². The summed E-state index contributed by atoms with van der Waals surface area (Å²) in [7, 11) is -3.16. The first-order valence-corrected chi connectivity index (χ1v) is 9.11. The number of hydrogen-bond donors (Lipinski definition) is 0. The summed E-state index contributed by atoms with van der Waals surface area (Å²) in [5.74, 6) is 0.167. The highest BCUT2D eigenvalue weighted by atomic mass is 32.2. The van der Waals surface area contributed by atoms with Crippen LogP contribution in [0.3, 0.4) is 0 Å². The normalized spacial score (nSPS) is 19.2. The molecule has 0 spiro atoms. The zero-order valence-electron chi connectivity index (χ0n) is 12.0. The van der Waals surface area contributed by atoms with Crippen molar-refractivity contribution < 1.29 is 8.42 Å². The van der Waals surface area contributed by atoms with E-state index < -0.39 is 10.0 Å². The lowest BCUT2D eigenvalue weighted by molar-refractivity contribution is 0.588. The van der Waals surface area contributed by atoms with Crippen molar-refractivity contribution in [2.24, 2.45) is 0 Å². The lowest BCUT2D eigenvalue weighted by atomic mass is 10.0. The molecule has 110 valence electrons. The van der Waals surface area contributed by atoms with E-state index in [4.69, 9.17) is 0 Å². The summed E-state index contributed by atoms with van der Waals surface area (Å²) in [4.78, 5) is 2.35. The number of nitrogens with zero attached hydrogens (tertiary/aromatic N) is 2. The lowest BCUT2D eigenvalue weighted by Gasteiger charge is -2.31. The first-order chi connectivity index (χ1) is 9.62. The van der Waals surface area contributed by atoms with Crippen molar-refractivity contribution in [1.29, 1.82) is 0 Å². The summed E-state index contributed by atoms with van der Waals surface area (Å²) in [5.41, 5.74) is 3.23. The maximum absolute atomic E-state index is 12.3. The third kappa shape index (κ3) is 2.39. The molecule has 0 aliphatic carbocycles. The number of benzene rings is 1. The first-order valence-electron chi connectivity index (χ1n) is 7.50. The van der Waals surface area contributed by atoms with Crippen molar-refractivity contribution in [3.63, 3.8) is 0 Å². The van der Waals surface area contributed by atoms with Gasteiger partial charge in [0.25, 0.3) is 0 Å². The summed E-state index contributed by atoms with van der Waals surface area (Å²) in [6.45, 7) is 4.50. The van der Waals surface area contributed by atoms with E-state index >= 15 is 0 Å². The highest BCUT2D eigenvalue weighted by Crippen LogP contribution is 2.34. The van der Waals surface area contributed by atoms with Crippen LogP contribution in [0.1, 0.15) is 31.7 Å². The van der Waals surface area contributed by atoms with Crippen LogP contribution in [0, 0.1) is 0 Å². The van der Waals surface area contributed by atoms with E-state index in [1.54, 1.807) is 11.2 Å². The molecule has 20 heavy (non-hydrogen) atoms. The van der Waals surface area contributed by atoms with E-state index in [9.17, 15) is 8.42 Å². The van der Waals surface area contributed by atoms with Crippen LogP contribution in [0.15, 0.2) is 18.2 Å². The third-order valence-corrected chi connectivity index (χ3v) is 6.10. The molecular weight excluding hydrogens is 272 g/mol. The van der Waals surface area contributed by atoms with E-state index in [1.165, 1.54) is 18.5 Å². The summed E-state index contributed by atoms with van der Waals surface area (Å²) < 4.78 is 26.1. The number of anilines is 2. The van der Waals surface area contributed by atoms with E-state index in [-0.39, 0.29) is 5.75 Å². The molecule has 3 rings (SSSR count). The number of rotatable bonds is 3. The van der Waals surface area contributed by atoms with Gasteiger partial charge in [0.15, 0.2) is 0 Å². The summed E-state index contributed by atoms with van der Waals surface area (Å²) in [5, 5.41) is 0. The highest BCUT2D eigenvalue weighted by molar-refractivity contribution is 7.92. The van der Waals surface area contributed by atoms with Crippen molar-refractivity contribution in [2.45, 2.75) is 32.6 Å². The van der Waals surface area contributed by atoms with Gasteiger partial charge in [0, 0.05) is 25.3 Å². The van der Waals surface area contributed by atoms with Crippen LogP contribution in [0.4, 0.5) is 11.4 Å². The molecule has 0 radical (unpaired) electrons. The second-order valence-corrected chi connectivity index (χ2v) is 7.77. The maximum Gasteiger partial charge on any atom is 0.234 e. The van der Waals surface area contributed by atoms with Gasteiger partial charge in [-0.25, -0.2) is 8.42 Å². The van der Waals surface area contributed by atoms with E-state index in [2.05, 4.69) is 23.1 Å². The van der Waals surface area contributed by atoms with Crippen LogP contribution < -0.4 is 9.21 Å². The van der Waals surface area contributed by atoms with Gasteiger partial charge in [0.1, 0.15) is 0 Å². The Morgan fingerprint density at radius 1 is 1.10 bits per heavy atom. The van der Waals surface area contributed by atoms with Gasteiger partial charge >= 0.3 is 0 Å². The SMILES string of the molecule is CCS(=O)(=O)N1CCCc2ccc(N3CCCC3)cc21. The van der Waals surface area contributed by atoms with Crippen molar-refractivity contribution in [3.8, 4) is 0 Å². The molecule has 2 aliphatic heterocycles. The lowest BCUT2D eigenvalue weighted by Crippen LogP contribution is -2.36. The first kappa shape index (κ1) is 13.7. The molecule has 0 unspecified atom stereocenters. The van der Waals surface area contributed by atoms with Crippen LogP contribution in [0.25, 0.3) is 0 Å². The predicted molar refractivity (Wildman–Crippen MR) is 83.0 cm³/mol. The largest absolute Gasteiger partial charge is 0.371 e. The second-order valence-electron chi connectivity index (χ2n) is 5.58. The molecule has 0 saturated carbocycles. The Bertz CT molecular complexity index is 592. The highest BCUT2D eigenvalue weighted by Gasteiger charge is 2.27. The third-order valence-electron chi connectivity index (χ3n) is 4.32. The van der Waals surface area contributed by atoms with Gasteiger partial charge in [0.05, 0.1) is 11.4 Å². The van der Waals surface area contributed by atoms with Crippen molar-refractivity contribution >= 4 is 21.4 Å². The molecule has 2 aliphatic rings. The fourth-order valence-electron chi connectivity index (χ4n) is 3.15. The van der Waals surface area contributed by atoms with Crippen molar-refractivity contribution in [1.82, 2.24) is 0 Å². The molecule has 4 nitrogen and oxygen atoms in total. The van der Waals surface area contributed by atoms with Crippen LogP contribution >= 0.6 is 0 Å². The molecule has 2 heterocycles. The molecule has 0 N–H and O–H groups in total. The standard InChI is InChI=1S/C15H22N2O2S/c1-2-20(18,19)17-11-5-6-13-7-8-14(12-15(13)17)16-9-3-4-10-16/h7-8,12H,2-6,9-11H2,1H3. The Kier molecular flexibility index (Phi) is 3.63. The smallest absolute Gasteiger partial charge is 0.234 e. The van der Waals surface area contributed by atoms with E-state index in [0.717, 1.165) is 37.2 Å². The van der Waals surface area contributed by atoms with E-state index in [0.29, 0.717) is 6.54 Å². The molecule has 5 heteroatoms. The van der Waals surface area contributed by atoms with Gasteiger partial charge < -0.3 is 4.90 Å². The number of sulfonamides is 1. The molecular formula is C15H22N2O2S. The second kappa shape index (κ2) is 5.28. The average Bonchev–Trinajstić information content (AvgIpc) is 3.00. The molecule has 0 aromatic heterocycles. The van der Waals surface area contributed by atoms with Gasteiger partial charge in [-0.05, 0) is 50.3 Å². The quantitative estimate of drug-likeness (QED) is 0.859. The Labute approximate surface area is 121 Å². The van der Waals surface area contributed by atoms with Crippen LogP contribution in [-0.2, 0) is 16.4 Å². The molecule has 0 atom stereocenters. The van der Waals surface area contributed by atoms with Crippen molar-refractivity contribution in [3.05, 3.63) is 23.8 Å². The van der Waals surface area contributed by atoms with Crippen LogP contribution in [0.5, 0.6) is 0 Å². The molecule has 0 amide bonds. The molecule has 1 aromatic carbocycles. The maximum atomic E-state index is 12.3. The Hall–Kier alpha value is -1.23. The van der Waals surface area contributed by atoms with E-state index in [1.807, 2.05) is 0 Å². The van der Waals surface area contributed by atoms with Crippen LogP contribution in [-0.4, -0.2) is 33.8 Å². The van der Waals surface area contributed by atoms with Gasteiger partial charge in [-0.15, -0.1) is 0 Å². The van der Waals surface area contributed by atoms with Gasteiger partial charge in [-0.1, -0.05) is 6.07 Å². The molecule has 1 aromatic rings. The summed E-state index contributed by atoms with van der Waals surface area (Å²) in [6.07, 6.45) is 4.35. The average molecular weight is 294 g/mol. The number of hydrogen-bond acceptors (Lipinski definition) is 3. The number of fused-ring (bicyclic) bond motifs is 1. The van der Waals surface area contributed by atoms with Gasteiger partial charge in [-0.2, -0.15) is 0 Å². The monoisotopic (exact) mass is 294 g/mol. The van der Waals surface area contributed by atoms with Crippen LogP contribution in [0.2, 0.25) is 0 Å². The molecule has 1 fully saturated rings. The Balaban J connectivity index is 2.00.